The third-order valence-electron chi connectivity index (χ3n) is 4.34. The lowest BCUT2D eigenvalue weighted by molar-refractivity contribution is 0.0600. The van der Waals surface area contributed by atoms with Gasteiger partial charge in [0.05, 0.1) is 25.1 Å². The minimum absolute atomic E-state index is 0.200. The van der Waals surface area contributed by atoms with Crippen molar-refractivity contribution in [2.75, 3.05) is 23.9 Å². The molecule has 29 heavy (non-hydrogen) atoms. The van der Waals surface area contributed by atoms with Crippen LogP contribution < -0.4 is 10.2 Å². The molecule has 148 valence electrons. The standard InChI is InChI=1S/C22H22N4O3/c1-4-26(18-7-5-6-15(2)12-18)20-14-23-19(13-24-20)21(27)25-17-10-8-16(9-11-17)22(28)29-3/h5-14H,4H2,1-3H3,(H,25,27). The first-order chi connectivity index (χ1) is 14.0. The van der Waals surface area contributed by atoms with Gasteiger partial charge < -0.3 is 15.0 Å². The van der Waals surface area contributed by atoms with E-state index < -0.39 is 5.97 Å². The summed E-state index contributed by atoms with van der Waals surface area (Å²) in [4.78, 5) is 34.6. The van der Waals surface area contributed by atoms with Gasteiger partial charge in [-0.15, -0.1) is 0 Å². The van der Waals surface area contributed by atoms with Gasteiger partial charge in [0.1, 0.15) is 5.69 Å². The van der Waals surface area contributed by atoms with E-state index in [4.69, 9.17) is 0 Å². The second-order valence-corrected chi connectivity index (χ2v) is 6.37. The van der Waals surface area contributed by atoms with Crippen molar-refractivity contribution < 1.29 is 14.3 Å². The van der Waals surface area contributed by atoms with Crippen LogP contribution in [0.2, 0.25) is 0 Å². The molecule has 7 nitrogen and oxygen atoms in total. The number of aryl methyl sites for hydroxylation is 1. The van der Waals surface area contributed by atoms with E-state index in [0.29, 0.717) is 17.1 Å². The van der Waals surface area contributed by atoms with Crippen molar-refractivity contribution >= 4 is 29.1 Å². The summed E-state index contributed by atoms with van der Waals surface area (Å²) in [6, 6.07) is 14.5. The zero-order valence-corrected chi connectivity index (χ0v) is 16.5. The fraction of sp³-hybridized carbons (Fsp3) is 0.182. The number of nitrogens with one attached hydrogen (secondary N) is 1. The predicted octanol–water partition coefficient (Wildman–Crippen LogP) is 3.98. The number of hydrogen-bond acceptors (Lipinski definition) is 6. The molecule has 2 aromatic carbocycles. The molecule has 0 fully saturated rings. The average Bonchev–Trinajstić information content (AvgIpc) is 2.75. The number of carbonyl (C=O) groups excluding carboxylic acids is 2. The molecule has 1 heterocycles. The molecular formula is C22H22N4O3. The molecule has 1 N–H and O–H groups in total. The topological polar surface area (TPSA) is 84.4 Å². The van der Waals surface area contributed by atoms with Gasteiger partial charge in [-0.2, -0.15) is 0 Å². The Labute approximate surface area is 169 Å². The molecule has 1 amide bonds. The molecule has 0 saturated heterocycles. The quantitative estimate of drug-likeness (QED) is 0.641. The van der Waals surface area contributed by atoms with Crippen molar-refractivity contribution in [1.82, 2.24) is 9.97 Å². The van der Waals surface area contributed by atoms with Crippen LogP contribution in [0.1, 0.15) is 33.3 Å². The zero-order chi connectivity index (χ0) is 20.8. The number of benzene rings is 2. The van der Waals surface area contributed by atoms with Crippen LogP contribution in [0.5, 0.6) is 0 Å². The van der Waals surface area contributed by atoms with Crippen molar-refractivity contribution in [2.45, 2.75) is 13.8 Å². The molecule has 0 unspecified atom stereocenters. The van der Waals surface area contributed by atoms with Gasteiger partial charge >= 0.3 is 5.97 Å². The molecule has 0 radical (unpaired) electrons. The summed E-state index contributed by atoms with van der Waals surface area (Å²) in [5.74, 6) is -0.149. The maximum Gasteiger partial charge on any atom is 0.337 e. The number of methoxy groups -OCH3 is 1. The van der Waals surface area contributed by atoms with Crippen molar-refractivity contribution in [1.29, 1.82) is 0 Å². The van der Waals surface area contributed by atoms with E-state index in [-0.39, 0.29) is 11.6 Å². The SMILES string of the molecule is CCN(c1cccc(C)c1)c1cnc(C(=O)Nc2ccc(C(=O)OC)cc2)cn1. The summed E-state index contributed by atoms with van der Waals surface area (Å²) < 4.78 is 4.66. The molecule has 0 saturated carbocycles. The van der Waals surface area contributed by atoms with Crippen LogP contribution in [0.3, 0.4) is 0 Å². The average molecular weight is 390 g/mol. The van der Waals surface area contributed by atoms with Crippen molar-refractivity contribution in [3.63, 3.8) is 0 Å². The lowest BCUT2D eigenvalue weighted by Gasteiger charge is -2.22. The van der Waals surface area contributed by atoms with Gasteiger partial charge in [0, 0.05) is 17.9 Å². The molecule has 0 aliphatic rings. The molecule has 0 aliphatic carbocycles. The Bertz CT molecular complexity index is 1000. The number of esters is 1. The van der Waals surface area contributed by atoms with E-state index in [1.54, 1.807) is 30.5 Å². The molecule has 7 heteroatoms. The Morgan fingerprint density at radius 2 is 1.83 bits per heavy atom. The Morgan fingerprint density at radius 3 is 2.41 bits per heavy atom. The number of nitrogens with zero attached hydrogens (tertiary/aromatic N) is 3. The maximum atomic E-state index is 12.4. The Morgan fingerprint density at radius 1 is 1.07 bits per heavy atom. The molecule has 0 spiro atoms. The number of anilines is 3. The molecule has 0 atom stereocenters. The highest BCUT2D eigenvalue weighted by Crippen LogP contribution is 2.23. The fourth-order valence-electron chi connectivity index (χ4n) is 2.85. The second-order valence-electron chi connectivity index (χ2n) is 6.37. The molecule has 1 aromatic heterocycles. The molecular weight excluding hydrogens is 368 g/mol. The molecule has 0 aliphatic heterocycles. The summed E-state index contributed by atoms with van der Waals surface area (Å²) in [5, 5.41) is 2.74. The van der Waals surface area contributed by atoms with Crippen LogP contribution in [0.15, 0.2) is 60.9 Å². The van der Waals surface area contributed by atoms with Gasteiger partial charge in [-0.25, -0.2) is 14.8 Å². The van der Waals surface area contributed by atoms with Crippen molar-refractivity contribution in [3.8, 4) is 0 Å². The summed E-state index contributed by atoms with van der Waals surface area (Å²) in [6.07, 6.45) is 3.03. The van der Waals surface area contributed by atoms with E-state index in [1.165, 1.54) is 13.3 Å². The summed E-state index contributed by atoms with van der Waals surface area (Å²) in [7, 11) is 1.32. The largest absolute Gasteiger partial charge is 0.465 e. The number of ether oxygens (including phenoxy) is 1. The number of carbonyl (C=O) groups is 2. The van der Waals surface area contributed by atoms with Crippen LogP contribution in [0, 0.1) is 6.92 Å². The van der Waals surface area contributed by atoms with E-state index >= 15 is 0 Å². The highest BCUT2D eigenvalue weighted by atomic mass is 16.5. The number of amides is 1. The first kappa shape index (κ1) is 20.0. The monoisotopic (exact) mass is 390 g/mol. The molecule has 0 bridgehead atoms. The third kappa shape index (κ3) is 4.76. The van der Waals surface area contributed by atoms with Gasteiger partial charge in [0.15, 0.2) is 5.82 Å². The Hall–Kier alpha value is -3.74. The lowest BCUT2D eigenvalue weighted by Crippen LogP contribution is -2.19. The molecule has 3 aromatic rings. The fourth-order valence-corrected chi connectivity index (χ4v) is 2.85. The van der Waals surface area contributed by atoms with Crippen LogP contribution in [0.4, 0.5) is 17.2 Å². The number of rotatable bonds is 6. The Balaban J connectivity index is 1.72. The zero-order valence-electron chi connectivity index (χ0n) is 16.5. The van der Waals surface area contributed by atoms with Gasteiger partial charge in [-0.1, -0.05) is 12.1 Å². The van der Waals surface area contributed by atoms with Crippen molar-refractivity contribution in [2.24, 2.45) is 0 Å². The minimum Gasteiger partial charge on any atom is -0.465 e. The van der Waals surface area contributed by atoms with Crippen LogP contribution >= 0.6 is 0 Å². The van der Waals surface area contributed by atoms with E-state index in [2.05, 4.69) is 26.1 Å². The number of hydrogen-bond donors (Lipinski definition) is 1. The van der Waals surface area contributed by atoms with Crippen molar-refractivity contribution in [3.05, 3.63) is 77.7 Å². The normalized spacial score (nSPS) is 10.3. The first-order valence-electron chi connectivity index (χ1n) is 9.17. The van der Waals surface area contributed by atoms with E-state index in [0.717, 1.165) is 17.8 Å². The number of aromatic nitrogens is 2. The van der Waals surface area contributed by atoms with Gasteiger partial charge in [0.2, 0.25) is 0 Å². The minimum atomic E-state index is -0.432. The third-order valence-corrected chi connectivity index (χ3v) is 4.34. The molecule has 3 rings (SSSR count). The summed E-state index contributed by atoms with van der Waals surface area (Å²) in [6.45, 7) is 4.78. The highest BCUT2D eigenvalue weighted by molar-refractivity contribution is 6.03. The first-order valence-corrected chi connectivity index (χ1v) is 9.17. The van der Waals surface area contributed by atoms with E-state index in [1.807, 2.05) is 36.9 Å². The van der Waals surface area contributed by atoms with Gasteiger partial charge in [-0.05, 0) is 55.8 Å². The van der Waals surface area contributed by atoms with Crippen LogP contribution in [-0.2, 0) is 4.74 Å². The van der Waals surface area contributed by atoms with E-state index in [9.17, 15) is 9.59 Å². The summed E-state index contributed by atoms with van der Waals surface area (Å²) >= 11 is 0. The lowest BCUT2D eigenvalue weighted by atomic mass is 10.2. The maximum absolute atomic E-state index is 12.4. The predicted molar refractivity (Wildman–Crippen MR) is 112 cm³/mol. The highest BCUT2D eigenvalue weighted by Gasteiger charge is 2.13. The Kier molecular flexibility index (Phi) is 6.19. The second kappa shape index (κ2) is 8.97. The van der Waals surface area contributed by atoms with Crippen LogP contribution in [-0.4, -0.2) is 35.5 Å². The van der Waals surface area contributed by atoms with Crippen LogP contribution in [0.25, 0.3) is 0 Å². The smallest absolute Gasteiger partial charge is 0.337 e. The van der Waals surface area contributed by atoms with Gasteiger partial charge in [0.25, 0.3) is 5.91 Å². The van der Waals surface area contributed by atoms with Gasteiger partial charge in [-0.3, -0.25) is 4.79 Å². The summed E-state index contributed by atoms with van der Waals surface area (Å²) in [5.41, 5.74) is 3.33.